The monoisotopic (exact) mass is 410 g/mol. The molecule has 162 valence electrons. The van der Waals surface area contributed by atoms with Crippen LogP contribution in [0.25, 0.3) is 0 Å². The fourth-order valence-electron chi connectivity index (χ4n) is 4.73. The van der Waals surface area contributed by atoms with Crippen LogP contribution >= 0.6 is 0 Å². The lowest BCUT2D eigenvalue weighted by Gasteiger charge is -2.34. The maximum absolute atomic E-state index is 12.8. The van der Waals surface area contributed by atoms with E-state index in [1.54, 1.807) is 0 Å². The van der Waals surface area contributed by atoms with Crippen molar-refractivity contribution in [3.63, 3.8) is 0 Å². The maximum atomic E-state index is 12.8. The standard InChI is InChI=1S/C24H34N4O2/c29-23(25-12-10-20-6-2-1-3-7-20)18-26-14-16-27(17-15-26)19-24(30)28-13-11-21-8-4-5-9-22(21)28/h4-6,8-9H,1-3,7,10-19H2,(H,25,29). The highest BCUT2D eigenvalue weighted by atomic mass is 16.2. The second-order valence-corrected chi connectivity index (χ2v) is 8.68. The predicted octanol–water partition coefficient (Wildman–Crippen LogP) is 2.20. The SMILES string of the molecule is O=C(CN1CCN(CC(=O)N2CCc3ccccc32)CC1)NCCC1=CCCCC1. The van der Waals surface area contributed by atoms with Crippen molar-refractivity contribution in [2.75, 3.05) is 57.3 Å². The maximum Gasteiger partial charge on any atom is 0.241 e. The molecule has 0 saturated carbocycles. The van der Waals surface area contributed by atoms with Gasteiger partial charge in [0, 0.05) is 45.0 Å². The normalized spacial score (nSPS) is 20.0. The molecule has 30 heavy (non-hydrogen) atoms. The molecule has 6 nitrogen and oxygen atoms in total. The molecule has 1 saturated heterocycles. The summed E-state index contributed by atoms with van der Waals surface area (Å²) in [6.07, 6.45) is 9.26. The zero-order chi connectivity index (χ0) is 20.8. The number of amides is 2. The van der Waals surface area contributed by atoms with Crippen LogP contribution in [0.5, 0.6) is 0 Å². The number of piperazine rings is 1. The summed E-state index contributed by atoms with van der Waals surface area (Å²) < 4.78 is 0. The van der Waals surface area contributed by atoms with Gasteiger partial charge in [-0.2, -0.15) is 0 Å². The van der Waals surface area contributed by atoms with Gasteiger partial charge in [0.15, 0.2) is 0 Å². The Labute approximate surface area is 179 Å². The van der Waals surface area contributed by atoms with Crippen LogP contribution in [0.3, 0.4) is 0 Å². The Kier molecular flexibility index (Phi) is 7.18. The van der Waals surface area contributed by atoms with Crippen molar-refractivity contribution in [3.05, 3.63) is 41.5 Å². The van der Waals surface area contributed by atoms with Crippen molar-refractivity contribution in [1.82, 2.24) is 15.1 Å². The number of para-hydroxylation sites is 1. The lowest BCUT2D eigenvalue weighted by atomic mass is 9.97. The predicted molar refractivity (Wildman–Crippen MR) is 120 cm³/mol. The van der Waals surface area contributed by atoms with Gasteiger partial charge in [0.1, 0.15) is 0 Å². The molecule has 0 atom stereocenters. The molecule has 4 rings (SSSR count). The molecule has 0 bridgehead atoms. The molecular formula is C24H34N4O2. The topological polar surface area (TPSA) is 55.9 Å². The Morgan fingerprint density at radius 3 is 2.43 bits per heavy atom. The van der Waals surface area contributed by atoms with E-state index in [0.29, 0.717) is 13.1 Å². The summed E-state index contributed by atoms with van der Waals surface area (Å²) in [6, 6.07) is 8.19. The van der Waals surface area contributed by atoms with Crippen LogP contribution < -0.4 is 10.2 Å². The van der Waals surface area contributed by atoms with Gasteiger partial charge in [-0.05, 0) is 50.2 Å². The van der Waals surface area contributed by atoms with E-state index in [-0.39, 0.29) is 11.8 Å². The Balaban J connectivity index is 1.14. The average Bonchev–Trinajstić information content (AvgIpc) is 3.20. The number of carbonyl (C=O) groups is 2. The number of hydrogen-bond acceptors (Lipinski definition) is 4. The van der Waals surface area contributed by atoms with E-state index in [0.717, 1.165) is 57.8 Å². The Morgan fingerprint density at radius 1 is 0.900 bits per heavy atom. The van der Waals surface area contributed by atoms with Gasteiger partial charge in [-0.15, -0.1) is 0 Å². The molecule has 0 unspecified atom stereocenters. The Bertz CT molecular complexity index is 783. The molecule has 3 aliphatic rings. The zero-order valence-electron chi connectivity index (χ0n) is 17.9. The minimum atomic E-state index is 0.115. The van der Waals surface area contributed by atoms with E-state index in [2.05, 4.69) is 27.3 Å². The molecule has 1 fully saturated rings. The highest BCUT2D eigenvalue weighted by Crippen LogP contribution is 2.27. The van der Waals surface area contributed by atoms with Crippen LogP contribution in [-0.4, -0.2) is 74.0 Å². The molecule has 1 aliphatic carbocycles. The summed E-state index contributed by atoms with van der Waals surface area (Å²) in [7, 11) is 0. The smallest absolute Gasteiger partial charge is 0.241 e. The third-order valence-corrected chi connectivity index (χ3v) is 6.53. The van der Waals surface area contributed by atoms with Crippen molar-refractivity contribution in [3.8, 4) is 0 Å². The van der Waals surface area contributed by atoms with Gasteiger partial charge in [0.05, 0.1) is 13.1 Å². The van der Waals surface area contributed by atoms with Crippen molar-refractivity contribution in [2.45, 2.75) is 38.5 Å². The van der Waals surface area contributed by atoms with Gasteiger partial charge in [-0.1, -0.05) is 29.8 Å². The van der Waals surface area contributed by atoms with Gasteiger partial charge >= 0.3 is 0 Å². The quantitative estimate of drug-likeness (QED) is 0.701. The fraction of sp³-hybridized carbons (Fsp3) is 0.583. The van der Waals surface area contributed by atoms with Crippen molar-refractivity contribution >= 4 is 17.5 Å². The number of nitrogens with zero attached hydrogens (tertiary/aromatic N) is 3. The number of anilines is 1. The summed E-state index contributed by atoms with van der Waals surface area (Å²) in [5.74, 6) is 0.299. The van der Waals surface area contributed by atoms with E-state index < -0.39 is 0 Å². The van der Waals surface area contributed by atoms with Gasteiger partial charge in [-0.25, -0.2) is 0 Å². The minimum Gasteiger partial charge on any atom is -0.355 e. The number of rotatable bonds is 7. The molecule has 2 aliphatic heterocycles. The average molecular weight is 411 g/mol. The second kappa shape index (κ2) is 10.2. The second-order valence-electron chi connectivity index (χ2n) is 8.68. The molecule has 1 aromatic rings. The third kappa shape index (κ3) is 5.49. The van der Waals surface area contributed by atoms with Gasteiger partial charge in [-0.3, -0.25) is 19.4 Å². The molecule has 0 radical (unpaired) electrons. The lowest BCUT2D eigenvalue weighted by molar-refractivity contribution is -0.124. The van der Waals surface area contributed by atoms with Crippen LogP contribution in [-0.2, 0) is 16.0 Å². The van der Waals surface area contributed by atoms with Gasteiger partial charge in [0.2, 0.25) is 11.8 Å². The minimum absolute atomic E-state index is 0.115. The molecule has 6 heteroatoms. The van der Waals surface area contributed by atoms with Crippen LogP contribution in [0.1, 0.15) is 37.7 Å². The van der Waals surface area contributed by atoms with E-state index in [4.69, 9.17) is 0 Å². The summed E-state index contributed by atoms with van der Waals surface area (Å²) in [6.45, 7) is 5.79. The number of benzene rings is 1. The summed E-state index contributed by atoms with van der Waals surface area (Å²) in [4.78, 5) is 31.4. The fourth-order valence-corrected chi connectivity index (χ4v) is 4.73. The van der Waals surface area contributed by atoms with E-state index in [1.165, 1.54) is 36.8 Å². The summed E-state index contributed by atoms with van der Waals surface area (Å²) in [5.41, 5.74) is 3.84. The van der Waals surface area contributed by atoms with Crippen LogP contribution in [0, 0.1) is 0 Å². The van der Waals surface area contributed by atoms with Crippen molar-refractivity contribution in [1.29, 1.82) is 0 Å². The third-order valence-electron chi connectivity index (χ3n) is 6.53. The zero-order valence-corrected chi connectivity index (χ0v) is 17.9. The Morgan fingerprint density at radius 2 is 1.67 bits per heavy atom. The molecule has 1 aromatic carbocycles. The molecule has 0 aromatic heterocycles. The van der Waals surface area contributed by atoms with Crippen molar-refractivity contribution in [2.24, 2.45) is 0 Å². The molecule has 2 amide bonds. The van der Waals surface area contributed by atoms with Gasteiger partial charge in [0.25, 0.3) is 0 Å². The largest absolute Gasteiger partial charge is 0.355 e. The lowest BCUT2D eigenvalue weighted by Crippen LogP contribution is -2.52. The first kappa shape index (κ1) is 21.1. The first-order chi connectivity index (χ1) is 14.7. The van der Waals surface area contributed by atoms with Crippen LogP contribution in [0.2, 0.25) is 0 Å². The number of fused-ring (bicyclic) bond motifs is 1. The van der Waals surface area contributed by atoms with Crippen molar-refractivity contribution < 1.29 is 9.59 Å². The molecule has 2 heterocycles. The first-order valence-corrected chi connectivity index (χ1v) is 11.5. The van der Waals surface area contributed by atoms with Gasteiger partial charge < -0.3 is 10.2 Å². The summed E-state index contributed by atoms with van der Waals surface area (Å²) in [5, 5.41) is 3.07. The highest BCUT2D eigenvalue weighted by Gasteiger charge is 2.27. The van der Waals surface area contributed by atoms with E-state index in [1.807, 2.05) is 23.1 Å². The van der Waals surface area contributed by atoms with E-state index >= 15 is 0 Å². The molecule has 0 spiro atoms. The Hall–Kier alpha value is -2.18. The highest BCUT2D eigenvalue weighted by molar-refractivity contribution is 5.96. The number of carbonyl (C=O) groups excluding carboxylic acids is 2. The first-order valence-electron chi connectivity index (χ1n) is 11.5. The molecule has 1 N–H and O–H groups in total. The van der Waals surface area contributed by atoms with Crippen LogP contribution in [0.4, 0.5) is 5.69 Å². The number of nitrogens with one attached hydrogen (secondary N) is 1. The summed E-state index contributed by atoms with van der Waals surface area (Å²) >= 11 is 0. The number of allylic oxidation sites excluding steroid dienone is 1. The van der Waals surface area contributed by atoms with E-state index in [9.17, 15) is 9.59 Å². The van der Waals surface area contributed by atoms with Crippen LogP contribution in [0.15, 0.2) is 35.9 Å². The molecular weight excluding hydrogens is 376 g/mol. The number of hydrogen-bond donors (Lipinski definition) is 1.